The Morgan fingerprint density at radius 2 is 1.96 bits per heavy atom. The lowest BCUT2D eigenvalue weighted by Crippen LogP contribution is -2.34. The third-order valence-corrected chi connectivity index (χ3v) is 4.95. The Balaban J connectivity index is 2.00. The quantitative estimate of drug-likeness (QED) is 0.614. The van der Waals surface area contributed by atoms with E-state index < -0.39 is 35.4 Å². The largest absolute Gasteiger partial charge is 0.331 e. The Labute approximate surface area is 161 Å². The molecule has 0 unspecified atom stereocenters. The number of aromatic nitrogens is 2. The molecule has 2 aromatic rings. The van der Waals surface area contributed by atoms with Gasteiger partial charge < -0.3 is 4.90 Å². The van der Waals surface area contributed by atoms with Crippen LogP contribution in [0.3, 0.4) is 0 Å². The summed E-state index contributed by atoms with van der Waals surface area (Å²) in [7, 11) is 0. The molecule has 1 amide bonds. The van der Waals surface area contributed by atoms with E-state index >= 15 is 0 Å². The van der Waals surface area contributed by atoms with E-state index in [1.54, 1.807) is 13.0 Å². The molecule has 0 atom stereocenters. The lowest BCUT2D eigenvalue weighted by molar-refractivity contribution is 0.0711. The van der Waals surface area contributed by atoms with Crippen molar-refractivity contribution in [1.82, 2.24) is 14.7 Å². The molecular weight excluding hydrogens is 374 g/mol. The van der Waals surface area contributed by atoms with E-state index in [0.717, 1.165) is 10.2 Å². The Bertz CT molecular complexity index is 875. The maximum atomic E-state index is 14.6. The molecule has 1 aromatic carbocycles. The number of rotatable bonds is 7. The van der Waals surface area contributed by atoms with Crippen molar-refractivity contribution >= 4 is 5.91 Å². The van der Waals surface area contributed by atoms with E-state index in [2.05, 4.69) is 5.10 Å². The first kappa shape index (κ1) is 20.4. The molecule has 1 fully saturated rings. The van der Waals surface area contributed by atoms with Gasteiger partial charge in [0.15, 0.2) is 0 Å². The van der Waals surface area contributed by atoms with Crippen molar-refractivity contribution in [2.45, 2.75) is 65.1 Å². The van der Waals surface area contributed by atoms with Gasteiger partial charge in [-0.05, 0) is 48.9 Å². The summed E-state index contributed by atoms with van der Waals surface area (Å²) in [5.74, 6) is -2.24. The summed E-state index contributed by atoms with van der Waals surface area (Å²) in [6.45, 7) is 5.51. The lowest BCUT2D eigenvalue weighted by Gasteiger charge is -2.25. The Morgan fingerprint density at radius 3 is 2.50 bits per heavy atom. The molecule has 1 saturated carbocycles. The predicted octanol–water partition coefficient (Wildman–Crippen LogP) is 5.05. The first-order valence-electron chi connectivity index (χ1n) is 9.38. The summed E-state index contributed by atoms with van der Waals surface area (Å²) >= 11 is 0. The van der Waals surface area contributed by atoms with E-state index in [-0.39, 0.29) is 25.0 Å². The lowest BCUT2D eigenvalue weighted by atomic mass is 9.96. The molecule has 0 bridgehead atoms. The minimum absolute atomic E-state index is 0.0314. The van der Waals surface area contributed by atoms with Gasteiger partial charge in [-0.15, -0.1) is 0 Å². The van der Waals surface area contributed by atoms with Crippen LogP contribution >= 0.6 is 0 Å². The molecule has 0 N–H and O–H groups in total. The molecule has 1 heterocycles. The van der Waals surface area contributed by atoms with Gasteiger partial charge in [0.2, 0.25) is 5.95 Å². The van der Waals surface area contributed by atoms with Crippen LogP contribution in [0, 0.1) is 11.8 Å². The average molecular weight is 397 g/mol. The first-order chi connectivity index (χ1) is 13.2. The molecule has 4 nitrogen and oxygen atoms in total. The number of amides is 1. The van der Waals surface area contributed by atoms with Crippen LogP contribution in [0.1, 0.15) is 73.1 Å². The second kappa shape index (κ2) is 7.93. The van der Waals surface area contributed by atoms with E-state index in [0.29, 0.717) is 18.4 Å². The van der Waals surface area contributed by atoms with Gasteiger partial charge in [0.1, 0.15) is 17.1 Å². The zero-order chi connectivity index (χ0) is 20.6. The summed E-state index contributed by atoms with van der Waals surface area (Å²) in [6.07, 6.45) is -1.67. The number of nitrogens with zero attached hydrogens (tertiary/aromatic N) is 3. The van der Waals surface area contributed by atoms with Gasteiger partial charge in [-0.25, -0.2) is 17.9 Å². The highest BCUT2D eigenvalue weighted by molar-refractivity contribution is 5.96. The second-order valence-corrected chi connectivity index (χ2v) is 7.33. The molecule has 152 valence electrons. The summed E-state index contributed by atoms with van der Waals surface area (Å²) in [6, 6.07) is 4.18. The number of carbonyl (C=O) groups is 1. The summed E-state index contributed by atoms with van der Waals surface area (Å²) in [5.41, 5.74) is -0.0830. The standard InChI is InChI=1S/C20H23F4N3O/c1-4-27-19(24)16(17(25-27)18(22)23)20(28)26(14-6-7-14)10-12-9-13(21)5-8-15(12)11(2)3/h5,8-9,11,14,18H,4,6-7,10H2,1-3H3. The van der Waals surface area contributed by atoms with E-state index in [1.165, 1.54) is 17.0 Å². The second-order valence-electron chi connectivity index (χ2n) is 7.33. The third kappa shape index (κ3) is 3.91. The van der Waals surface area contributed by atoms with Crippen molar-refractivity contribution in [2.75, 3.05) is 0 Å². The SMILES string of the molecule is CCn1nc(C(F)F)c(C(=O)N(Cc2cc(F)ccc2C(C)C)C2CC2)c1F. The Morgan fingerprint density at radius 1 is 1.29 bits per heavy atom. The number of alkyl halides is 2. The van der Waals surface area contributed by atoms with E-state index in [9.17, 15) is 22.4 Å². The maximum absolute atomic E-state index is 14.6. The van der Waals surface area contributed by atoms with Crippen molar-refractivity contribution in [3.8, 4) is 0 Å². The minimum Gasteiger partial charge on any atom is -0.331 e. The molecule has 28 heavy (non-hydrogen) atoms. The molecular formula is C20H23F4N3O. The molecule has 0 saturated heterocycles. The van der Waals surface area contributed by atoms with Gasteiger partial charge >= 0.3 is 0 Å². The van der Waals surface area contributed by atoms with Gasteiger partial charge in [-0.2, -0.15) is 9.49 Å². The molecule has 0 radical (unpaired) electrons. The highest BCUT2D eigenvalue weighted by Gasteiger charge is 2.38. The van der Waals surface area contributed by atoms with Crippen LogP contribution in [-0.4, -0.2) is 26.6 Å². The van der Waals surface area contributed by atoms with Crippen LogP contribution in [0.5, 0.6) is 0 Å². The molecule has 1 aromatic heterocycles. The zero-order valence-electron chi connectivity index (χ0n) is 16.1. The monoisotopic (exact) mass is 397 g/mol. The topological polar surface area (TPSA) is 38.1 Å². The predicted molar refractivity (Wildman–Crippen MR) is 96.2 cm³/mol. The molecule has 1 aliphatic rings. The summed E-state index contributed by atoms with van der Waals surface area (Å²) < 4.78 is 56.0. The number of halogens is 4. The van der Waals surface area contributed by atoms with Crippen molar-refractivity contribution in [3.05, 3.63) is 52.3 Å². The Hall–Kier alpha value is -2.38. The fourth-order valence-electron chi connectivity index (χ4n) is 3.37. The zero-order valence-corrected chi connectivity index (χ0v) is 16.1. The summed E-state index contributed by atoms with van der Waals surface area (Å²) in [4.78, 5) is 14.4. The molecule has 0 aliphatic heterocycles. The molecule has 1 aliphatic carbocycles. The van der Waals surface area contributed by atoms with Crippen LogP contribution in [-0.2, 0) is 13.1 Å². The maximum Gasteiger partial charge on any atom is 0.283 e. The number of hydrogen-bond donors (Lipinski definition) is 0. The Kier molecular flexibility index (Phi) is 5.76. The van der Waals surface area contributed by atoms with Crippen LogP contribution in [0.15, 0.2) is 18.2 Å². The third-order valence-electron chi connectivity index (χ3n) is 4.95. The average Bonchev–Trinajstić information content (AvgIpc) is 3.41. The van der Waals surface area contributed by atoms with E-state index in [1.807, 2.05) is 13.8 Å². The highest BCUT2D eigenvalue weighted by Crippen LogP contribution is 2.34. The van der Waals surface area contributed by atoms with Gasteiger partial charge in [0.25, 0.3) is 12.3 Å². The minimum atomic E-state index is -3.07. The van der Waals surface area contributed by atoms with Gasteiger partial charge in [-0.1, -0.05) is 19.9 Å². The molecule has 3 rings (SSSR count). The number of hydrogen-bond acceptors (Lipinski definition) is 2. The summed E-state index contributed by atoms with van der Waals surface area (Å²) in [5, 5.41) is 3.56. The fourth-order valence-corrected chi connectivity index (χ4v) is 3.37. The fraction of sp³-hybridized carbons (Fsp3) is 0.500. The van der Waals surface area contributed by atoms with Gasteiger partial charge in [0.05, 0.1) is 0 Å². The van der Waals surface area contributed by atoms with Crippen LogP contribution in [0.25, 0.3) is 0 Å². The normalized spacial score (nSPS) is 14.2. The van der Waals surface area contributed by atoms with E-state index in [4.69, 9.17) is 0 Å². The van der Waals surface area contributed by atoms with Gasteiger partial charge in [0, 0.05) is 19.1 Å². The number of aryl methyl sites for hydroxylation is 1. The van der Waals surface area contributed by atoms with Crippen molar-refractivity contribution in [3.63, 3.8) is 0 Å². The van der Waals surface area contributed by atoms with Crippen LogP contribution in [0.2, 0.25) is 0 Å². The van der Waals surface area contributed by atoms with Crippen molar-refractivity contribution in [2.24, 2.45) is 0 Å². The smallest absolute Gasteiger partial charge is 0.283 e. The molecule has 8 heteroatoms. The number of benzene rings is 1. The van der Waals surface area contributed by atoms with Crippen LogP contribution < -0.4 is 0 Å². The molecule has 0 spiro atoms. The highest BCUT2D eigenvalue weighted by atomic mass is 19.3. The van der Waals surface area contributed by atoms with Crippen LogP contribution in [0.4, 0.5) is 17.6 Å². The number of carbonyl (C=O) groups excluding carboxylic acids is 1. The van der Waals surface area contributed by atoms with Gasteiger partial charge in [-0.3, -0.25) is 4.79 Å². The van der Waals surface area contributed by atoms with Crippen molar-refractivity contribution < 1.29 is 22.4 Å². The van der Waals surface area contributed by atoms with Crippen molar-refractivity contribution in [1.29, 1.82) is 0 Å². The first-order valence-corrected chi connectivity index (χ1v) is 9.38.